The van der Waals surface area contributed by atoms with Crippen LogP contribution in [0.25, 0.3) is 5.69 Å². The highest BCUT2D eigenvalue weighted by atomic mass is 79.9. The van der Waals surface area contributed by atoms with Crippen LogP contribution in [0.2, 0.25) is 5.02 Å². The van der Waals surface area contributed by atoms with Crippen LogP contribution in [-0.4, -0.2) is 27.5 Å². The Bertz CT molecular complexity index is 913. The third-order valence-corrected chi connectivity index (χ3v) is 4.13. The van der Waals surface area contributed by atoms with E-state index in [9.17, 15) is 4.79 Å². The minimum atomic E-state index is -0.391. The third-order valence-electron chi connectivity index (χ3n) is 3.31. The number of hydrogen-bond donors (Lipinski definition) is 1. The summed E-state index contributed by atoms with van der Waals surface area (Å²) in [6.07, 6.45) is 1.52. The van der Waals surface area contributed by atoms with Gasteiger partial charge in [-0.25, -0.2) is 4.68 Å². The van der Waals surface area contributed by atoms with Gasteiger partial charge in [-0.3, -0.25) is 4.79 Å². The number of carbonyl (C=O) groups is 1. The van der Waals surface area contributed by atoms with Crippen LogP contribution >= 0.6 is 27.5 Å². The Balaban J connectivity index is 1.84. The van der Waals surface area contributed by atoms with Crippen LogP contribution in [0.15, 0.2) is 53.1 Å². The zero-order valence-corrected chi connectivity index (χ0v) is 15.6. The fourth-order valence-corrected chi connectivity index (χ4v) is 2.77. The van der Waals surface area contributed by atoms with Gasteiger partial charge >= 0.3 is 0 Å². The van der Waals surface area contributed by atoms with Gasteiger partial charge in [0.2, 0.25) is 0 Å². The van der Waals surface area contributed by atoms with Gasteiger partial charge in [0.05, 0.1) is 29.2 Å². The second kappa shape index (κ2) is 7.67. The molecule has 1 N–H and O–H groups in total. The lowest BCUT2D eigenvalue weighted by atomic mass is 10.3. The second-order valence-corrected chi connectivity index (χ2v) is 6.35. The Morgan fingerprint density at radius 3 is 2.88 bits per heavy atom. The number of amides is 1. The first-order chi connectivity index (χ1) is 12.1. The first kappa shape index (κ1) is 17.4. The Labute approximate surface area is 157 Å². The van der Waals surface area contributed by atoms with Crippen LogP contribution in [0.5, 0.6) is 5.75 Å². The molecule has 0 unspecified atom stereocenters. The zero-order valence-electron chi connectivity index (χ0n) is 13.2. The van der Waals surface area contributed by atoms with Gasteiger partial charge < -0.3 is 10.1 Å². The van der Waals surface area contributed by atoms with Gasteiger partial charge in [-0.15, -0.1) is 5.10 Å². The molecule has 0 bridgehead atoms. The molecule has 0 aliphatic carbocycles. The van der Waals surface area contributed by atoms with Crippen LogP contribution in [0, 0.1) is 0 Å². The SMILES string of the molecule is CCOc1ccc(Br)cc1NC(=O)c1cn(-c2ccccc2Cl)nn1. The first-order valence-electron chi connectivity index (χ1n) is 7.49. The van der Waals surface area contributed by atoms with Crippen molar-refractivity contribution in [1.82, 2.24) is 15.0 Å². The molecular formula is C17H14BrClN4O2. The number of ether oxygens (including phenoxy) is 1. The number of anilines is 1. The molecule has 1 aromatic heterocycles. The minimum absolute atomic E-state index is 0.169. The van der Waals surface area contributed by atoms with Gasteiger partial charge in [0, 0.05) is 4.47 Å². The number of rotatable bonds is 5. The predicted molar refractivity (Wildman–Crippen MR) is 99.6 cm³/mol. The molecule has 3 rings (SSSR count). The van der Waals surface area contributed by atoms with Crippen molar-refractivity contribution in [1.29, 1.82) is 0 Å². The summed E-state index contributed by atoms with van der Waals surface area (Å²) in [5, 5.41) is 11.2. The predicted octanol–water partition coefficient (Wildman–Crippen LogP) is 4.33. The fourth-order valence-electron chi connectivity index (χ4n) is 2.19. The number of halogens is 2. The van der Waals surface area contributed by atoms with Crippen LogP contribution in [-0.2, 0) is 0 Å². The van der Waals surface area contributed by atoms with Crippen LogP contribution < -0.4 is 10.1 Å². The highest BCUT2D eigenvalue weighted by molar-refractivity contribution is 9.10. The van der Waals surface area contributed by atoms with E-state index < -0.39 is 5.91 Å². The summed E-state index contributed by atoms with van der Waals surface area (Å²) in [6.45, 7) is 2.37. The Morgan fingerprint density at radius 2 is 2.12 bits per heavy atom. The van der Waals surface area contributed by atoms with Crippen molar-refractivity contribution in [2.75, 3.05) is 11.9 Å². The lowest BCUT2D eigenvalue weighted by molar-refractivity contribution is 0.102. The summed E-state index contributed by atoms with van der Waals surface area (Å²) in [6, 6.07) is 12.6. The minimum Gasteiger partial charge on any atom is -0.492 e. The van der Waals surface area contributed by atoms with E-state index >= 15 is 0 Å². The number of nitrogens with zero attached hydrogens (tertiary/aromatic N) is 3. The number of benzene rings is 2. The molecule has 0 fully saturated rings. The lowest BCUT2D eigenvalue weighted by Crippen LogP contribution is -2.13. The number of nitrogens with one attached hydrogen (secondary N) is 1. The van der Waals surface area contributed by atoms with Gasteiger partial charge in [0.25, 0.3) is 5.91 Å². The van der Waals surface area contributed by atoms with Crippen molar-refractivity contribution >= 4 is 39.1 Å². The van der Waals surface area contributed by atoms with E-state index in [4.69, 9.17) is 16.3 Å². The molecule has 0 saturated carbocycles. The summed E-state index contributed by atoms with van der Waals surface area (Å²) in [4.78, 5) is 12.5. The number of hydrogen-bond acceptors (Lipinski definition) is 4. The molecule has 0 aliphatic heterocycles. The maximum Gasteiger partial charge on any atom is 0.277 e. The Kier molecular flexibility index (Phi) is 5.35. The van der Waals surface area contributed by atoms with Crippen molar-refractivity contribution in [2.24, 2.45) is 0 Å². The maximum atomic E-state index is 12.5. The summed E-state index contributed by atoms with van der Waals surface area (Å²) in [7, 11) is 0. The van der Waals surface area contributed by atoms with Gasteiger partial charge in [0.1, 0.15) is 5.75 Å². The molecule has 128 valence electrons. The van der Waals surface area contributed by atoms with E-state index in [1.165, 1.54) is 10.9 Å². The van der Waals surface area contributed by atoms with Crippen molar-refractivity contribution < 1.29 is 9.53 Å². The molecular weight excluding hydrogens is 408 g/mol. The van der Waals surface area contributed by atoms with E-state index in [-0.39, 0.29) is 5.69 Å². The first-order valence-corrected chi connectivity index (χ1v) is 8.66. The van der Waals surface area contributed by atoms with Gasteiger partial charge in [-0.2, -0.15) is 0 Å². The molecule has 3 aromatic rings. The average molecular weight is 422 g/mol. The molecule has 0 radical (unpaired) electrons. The molecule has 1 amide bonds. The van der Waals surface area contributed by atoms with E-state index in [1.807, 2.05) is 25.1 Å². The highest BCUT2D eigenvalue weighted by Gasteiger charge is 2.15. The van der Waals surface area contributed by atoms with Gasteiger partial charge in [0.15, 0.2) is 5.69 Å². The van der Waals surface area contributed by atoms with Crippen LogP contribution in [0.1, 0.15) is 17.4 Å². The summed E-state index contributed by atoms with van der Waals surface area (Å²) in [5.74, 6) is 0.190. The number of aromatic nitrogens is 3. The Hall–Kier alpha value is -2.38. The highest BCUT2D eigenvalue weighted by Crippen LogP contribution is 2.28. The van der Waals surface area contributed by atoms with Crippen LogP contribution in [0.3, 0.4) is 0 Å². The molecule has 0 saturated heterocycles. The lowest BCUT2D eigenvalue weighted by Gasteiger charge is -2.11. The topological polar surface area (TPSA) is 69.0 Å². The number of para-hydroxylation sites is 1. The second-order valence-electron chi connectivity index (χ2n) is 5.03. The molecule has 2 aromatic carbocycles. The molecule has 0 aliphatic rings. The molecule has 6 nitrogen and oxygen atoms in total. The van der Waals surface area contributed by atoms with Crippen molar-refractivity contribution in [2.45, 2.75) is 6.92 Å². The van der Waals surface area contributed by atoms with Gasteiger partial charge in [-0.1, -0.05) is 44.9 Å². The summed E-state index contributed by atoms with van der Waals surface area (Å²) in [5.41, 5.74) is 1.36. The van der Waals surface area contributed by atoms with Crippen molar-refractivity contribution in [3.63, 3.8) is 0 Å². The largest absolute Gasteiger partial charge is 0.492 e. The maximum absolute atomic E-state index is 12.5. The smallest absolute Gasteiger partial charge is 0.277 e. The molecule has 0 atom stereocenters. The molecule has 25 heavy (non-hydrogen) atoms. The van der Waals surface area contributed by atoms with E-state index in [0.29, 0.717) is 28.8 Å². The molecule has 0 spiro atoms. The average Bonchev–Trinajstić information content (AvgIpc) is 3.08. The summed E-state index contributed by atoms with van der Waals surface area (Å²) < 4.78 is 7.81. The third kappa shape index (κ3) is 4.00. The van der Waals surface area contributed by atoms with Gasteiger partial charge in [-0.05, 0) is 37.3 Å². The quantitative estimate of drug-likeness (QED) is 0.665. The summed E-state index contributed by atoms with van der Waals surface area (Å²) >= 11 is 9.52. The normalized spacial score (nSPS) is 10.5. The zero-order chi connectivity index (χ0) is 17.8. The fraction of sp³-hybridized carbons (Fsp3) is 0.118. The molecule has 8 heteroatoms. The van der Waals surface area contributed by atoms with E-state index in [1.54, 1.807) is 24.3 Å². The van der Waals surface area contributed by atoms with E-state index in [0.717, 1.165) is 4.47 Å². The van der Waals surface area contributed by atoms with Crippen molar-refractivity contribution in [3.05, 3.63) is 63.9 Å². The molecule has 1 heterocycles. The van der Waals surface area contributed by atoms with Crippen molar-refractivity contribution in [3.8, 4) is 11.4 Å². The monoisotopic (exact) mass is 420 g/mol. The van der Waals surface area contributed by atoms with Crippen LogP contribution in [0.4, 0.5) is 5.69 Å². The standard InChI is InChI=1S/C17H14BrClN4O2/c1-2-25-16-8-7-11(18)9-13(16)20-17(24)14-10-23(22-21-14)15-6-4-3-5-12(15)19/h3-10H,2H2,1H3,(H,20,24). The van der Waals surface area contributed by atoms with E-state index in [2.05, 4.69) is 31.6 Å². The Morgan fingerprint density at radius 1 is 1.32 bits per heavy atom. The number of carbonyl (C=O) groups excluding carboxylic acids is 1.